The highest BCUT2D eigenvalue weighted by Gasteiger charge is 2.31. The number of Topliss-reactive ketones (excluding diaryl/α,β-unsaturated/α-hetero) is 1. The Hall–Kier alpha value is -3.03. The lowest BCUT2D eigenvalue weighted by Gasteiger charge is -2.20. The number of hydrogen-bond acceptors (Lipinski definition) is 4. The number of hydrogen-bond donors (Lipinski definition) is 2. The van der Waals surface area contributed by atoms with Crippen molar-refractivity contribution in [3.8, 4) is 0 Å². The molecular weight excluding hydrogens is 337 g/mol. The third kappa shape index (κ3) is 4.97. The normalized spacial score (nSPS) is 12.2. The first-order valence-corrected chi connectivity index (χ1v) is 7.19. The number of carbonyl (C=O) groups excluding carboxylic acids is 2. The largest absolute Gasteiger partial charge is 0.453 e. The minimum absolute atomic E-state index is 0.0282. The van der Waals surface area contributed by atoms with Gasteiger partial charge in [-0.2, -0.15) is 13.2 Å². The zero-order chi connectivity index (χ0) is 18.4. The first-order chi connectivity index (χ1) is 11.8. The zero-order valence-electron chi connectivity index (χ0n) is 13.1. The molecule has 0 aliphatic heterocycles. The maximum absolute atomic E-state index is 12.8. The van der Waals surface area contributed by atoms with Crippen LogP contribution in [0.1, 0.15) is 15.9 Å². The number of anilines is 1. The van der Waals surface area contributed by atoms with Gasteiger partial charge in [0.2, 0.25) is 5.78 Å². The van der Waals surface area contributed by atoms with Crippen LogP contribution >= 0.6 is 0 Å². The lowest BCUT2D eigenvalue weighted by molar-refractivity contribution is -0.137. The molecule has 0 saturated heterocycles. The van der Waals surface area contributed by atoms with Gasteiger partial charge < -0.3 is 10.1 Å². The molecule has 0 fully saturated rings. The summed E-state index contributed by atoms with van der Waals surface area (Å²) in [5.74, 6) is -0.525. The number of alkyl carbamates (subject to hydrolysis) is 1. The maximum atomic E-state index is 12.8. The summed E-state index contributed by atoms with van der Waals surface area (Å²) in [7, 11) is 1.11. The molecule has 0 saturated carbocycles. The number of halogens is 3. The van der Waals surface area contributed by atoms with Crippen LogP contribution in [0.2, 0.25) is 0 Å². The van der Waals surface area contributed by atoms with Crippen molar-refractivity contribution in [2.75, 3.05) is 12.4 Å². The Morgan fingerprint density at radius 2 is 1.72 bits per heavy atom. The number of methoxy groups -OCH3 is 1. The number of carbonyl (C=O) groups is 2. The molecule has 0 spiro atoms. The highest BCUT2D eigenvalue weighted by Crippen LogP contribution is 2.30. The number of nitrogens with one attached hydrogen (secondary N) is 2. The molecule has 0 bridgehead atoms. The van der Waals surface area contributed by atoms with Crippen molar-refractivity contribution in [3.63, 3.8) is 0 Å². The van der Waals surface area contributed by atoms with Crippen LogP contribution in [0.3, 0.4) is 0 Å². The fraction of sp³-hybridized carbons (Fsp3) is 0.176. The second-order valence-corrected chi connectivity index (χ2v) is 5.02. The number of ether oxygens (including phenoxy) is 1. The standard InChI is InChI=1S/C17H15F3N2O3/c1-25-16(24)22-15(14(23)11-6-3-2-4-7-11)21-13-9-5-8-12(10-13)17(18,19)20/h2-10,15,21H,1H3,(H,22,24)/t15-/m1/s1. The minimum atomic E-state index is -4.52. The Balaban J connectivity index is 2.27. The summed E-state index contributed by atoms with van der Waals surface area (Å²) in [6, 6.07) is 12.4. The van der Waals surface area contributed by atoms with Crippen LogP contribution in [0.25, 0.3) is 0 Å². The number of rotatable bonds is 5. The van der Waals surface area contributed by atoms with Gasteiger partial charge in [0.25, 0.3) is 0 Å². The summed E-state index contributed by atoms with van der Waals surface area (Å²) in [6.07, 6.45) is -6.71. The van der Waals surface area contributed by atoms with Gasteiger partial charge in [-0.15, -0.1) is 0 Å². The smallest absolute Gasteiger partial charge is 0.416 e. The number of amides is 1. The predicted octanol–water partition coefficient (Wildman–Crippen LogP) is 3.68. The summed E-state index contributed by atoms with van der Waals surface area (Å²) in [5, 5.41) is 4.86. The van der Waals surface area contributed by atoms with E-state index in [4.69, 9.17) is 0 Å². The summed E-state index contributed by atoms with van der Waals surface area (Å²) >= 11 is 0. The molecule has 2 aromatic rings. The van der Waals surface area contributed by atoms with Crippen molar-refractivity contribution in [1.29, 1.82) is 0 Å². The van der Waals surface area contributed by atoms with Crippen molar-refractivity contribution in [2.45, 2.75) is 12.3 Å². The SMILES string of the molecule is COC(=O)N[C@@H](Nc1cccc(C(F)(F)F)c1)C(=O)c1ccccc1. The van der Waals surface area contributed by atoms with Crippen LogP contribution in [-0.2, 0) is 10.9 Å². The molecule has 0 unspecified atom stereocenters. The summed E-state index contributed by atoms with van der Waals surface area (Å²) in [4.78, 5) is 24.0. The van der Waals surface area contributed by atoms with E-state index in [1.165, 1.54) is 24.3 Å². The second kappa shape index (κ2) is 7.69. The van der Waals surface area contributed by atoms with Gasteiger partial charge >= 0.3 is 12.3 Å². The van der Waals surface area contributed by atoms with Crippen LogP contribution < -0.4 is 10.6 Å². The number of alkyl halides is 3. The van der Waals surface area contributed by atoms with Crippen LogP contribution in [-0.4, -0.2) is 25.2 Å². The Labute approximate surface area is 141 Å². The summed E-state index contributed by atoms with van der Waals surface area (Å²) in [5.41, 5.74) is -0.564. The molecule has 2 aromatic carbocycles. The van der Waals surface area contributed by atoms with Crippen LogP contribution in [0.5, 0.6) is 0 Å². The van der Waals surface area contributed by atoms with E-state index in [1.54, 1.807) is 18.2 Å². The van der Waals surface area contributed by atoms with E-state index in [0.29, 0.717) is 0 Å². The number of ketones is 1. The molecule has 2 N–H and O–H groups in total. The Morgan fingerprint density at radius 1 is 1.04 bits per heavy atom. The first kappa shape index (κ1) is 18.3. The van der Waals surface area contributed by atoms with Gasteiger partial charge in [0.15, 0.2) is 6.17 Å². The topological polar surface area (TPSA) is 67.4 Å². The fourth-order valence-electron chi connectivity index (χ4n) is 2.07. The Morgan fingerprint density at radius 3 is 2.32 bits per heavy atom. The van der Waals surface area contributed by atoms with Gasteiger partial charge in [0.05, 0.1) is 12.7 Å². The van der Waals surface area contributed by atoms with Crippen LogP contribution in [0, 0.1) is 0 Å². The molecule has 8 heteroatoms. The Kier molecular flexibility index (Phi) is 5.63. The van der Waals surface area contributed by atoms with Crippen molar-refractivity contribution >= 4 is 17.6 Å². The fourth-order valence-corrected chi connectivity index (χ4v) is 2.07. The van der Waals surface area contributed by atoms with Crippen LogP contribution in [0.15, 0.2) is 54.6 Å². The quantitative estimate of drug-likeness (QED) is 0.636. The van der Waals surface area contributed by atoms with Gasteiger partial charge in [-0.25, -0.2) is 4.79 Å². The number of benzene rings is 2. The summed E-state index contributed by atoms with van der Waals surface area (Å²) in [6.45, 7) is 0. The molecule has 1 amide bonds. The molecule has 5 nitrogen and oxygen atoms in total. The maximum Gasteiger partial charge on any atom is 0.416 e. The van der Waals surface area contributed by atoms with E-state index in [0.717, 1.165) is 19.2 Å². The lowest BCUT2D eigenvalue weighted by Crippen LogP contribution is -2.46. The third-order valence-corrected chi connectivity index (χ3v) is 3.27. The van der Waals surface area contributed by atoms with E-state index in [9.17, 15) is 22.8 Å². The highest BCUT2D eigenvalue weighted by molar-refractivity contribution is 6.02. The van der Waals surface area contributed by atoms with Gasteiger partial charge in [0, 0.05) is 11.3 Å². The van der Waals surface area contributed by atoms with E-state index >= 15 is 0 Å². The van der Waals surface area contributed by atoms with Crippen molar-refractivity contribution < 1.29 is 27.5 Å². The molecule has 2 rings (SSSR count). The van der Waals surface area contributed by atoms with Gasteiger partial charge in [-0.1, -0.05) is 36.4 Å². The van der Waals surface area contributed by atoms with E-state index in [-0.39, 0.29) is 11.3 Å². The molecule has 132 valence electrons. The average molecular weight is 352 g/mol. The predicted molar refractivity (Wildman–Crippen MR) is 85.2 cm³/mol. The highest BCUT2D eigenvalue weighted by atomic mass is 19.4. The zero-order valence-corrected chi connectivity index (χ0v) is 13.1. The van der Waals surface area contributed by atoms with E-state index in [2.05, 4.69) is 15.4 Å². The molecule has 0 aromatic heterocycles. The lowest BCUT2D eigenvalue weighted by atomic mass is 10.1. The summed E-state index contributed by atoms with van der Waals surface area (Å²) < 4.78 is 42.9. The molecule has 0 heterocycles. The second-order valence-electron chi connectivity index (χ2n) is 5.02. The van der Waals surface area contributed by atoms with Gasteiger partial charge in [0.1, 0.15) is 0 Å². The molecular formula is C17H15F3N2O3. The van der Waals surface area contributed by atoms with Crippen LogP contribution in [0.4, 0.5) is 23.7 Å². The third-order valence-electron chi connectivity index (χ3n) is 3.27. The molecule has 1 atom stereocenters. The van der Waals surface area contributed by atoms with E-state index < -0.39 is 29.8 Å². The van der Waals surface area contributed by atoms with Crippen molar-refractivity contribution in [1.82, 2.24) is 5.32 Å². The molecule has 0 aliphatic rings. The van der Waals surface area contributed by atoms with Crippen molar-refractivity contribution in [2.24, 2.45) is 0 Å². The Bertz CT molecular complexity index is 748. The average Bonchev–Trinajstić information content (AvgIpc) is 2.60. The minimum Gasteiger partial charge on any atom is -0.453 e. The molecule has 0 aliphatic carbocycles. The first-order valence-electron chi connectivity index (χ1n) is 7.19. The van der Waals surface area contributed by atoms with Gasteiger partial charge in [-0.05, 0) is 18.2 Å². The molecule has 25 heavy (non-hydrogen) atoms. The van der Waals surface area contributed by atoms with Gasteiger partial charge in [-0.3, -0.25) is 10.1 Å². The van der Waals surface area contributed by atoms with E-state index in [1.807, 2.05) is 0 Å². The van der Waals surface area contributed by atoms with Crippen molar-refractivity contribution in [3.05, 3.63) is 65.7 Å². The molecule has 0 radical (unpaired) electrons. The monoisotopic (exact) mass is 352 g/mol.